The van der Waals surface area contributed by atoms with Gasteiger partial charge in [-0.15, -0.1) is 0 Å². The van der Waals surface area contributed by atoms with Gasteiger partial charge in [0, 0.05) is 24.5 Å². The van der Waals surface area contributed by atoms with Crippen LogP contribution in [0.15, 0.2) is 48.5 Å². The fourth-order valence-electron chi connectivity index (χ4n) is 3.55. The highest BCUT2D eigenvalue weighted by atomic mass is 28.4. The molecule has 1 aliphatic carbocycles. The third-order valence-corrected chi connectivity index (χ3v) is 6.37. The maximum Gasteiger partial charge on any atom is 0.242 e. The van der Waals surface area contributed by atoms with Crippen molar-refractivity contribution in [3.63, 3.8) is 0 Å². The van der Waals surface area contributed by atoms with Crippen molar-refractivity contribution in [3.05, 3.63) is 54.1 Å². The minimum absolute atomic E-state index is 0.233. The third-order valence-electron chi connectivity index (χ3n) is 4.58. The summed E-state index contributed by atoms with van der Waals surface area (Å²) in [6.07, 6.45) is 3.15. The lowest BCUT2D eigenvalue weighted by atomic mass is 10.1. The maximum atomic E-state index is 6.53. The molecule has 0 aromatic heterocycles. The Morgan fingerprint density at radius 1 is 1.00 bits per heavy atom. The van der Waals surface area contributed by atoms with Crippen LogP contribution in [0.2, 0.25) is 39.3 Å². The van der Waals surface area contributed by atoms with Gasteiger partial charge in [-0.1, -0.05) is 36.4 Å². The Balaban J connectivity index is 1.95. The van der Waals surface area contributed by atoms with Crippen molar-refractivity contribution in [1.82, 2.24) is 0 Å². The molecule has 152 valence electrons. The molecule has 0 unspecified atom stereocenters. The number of hydrogen-bond donors (Lipinski definition) is 0. The van der Waals surface area contributed by atoms with E-state index in [-0.39, 0.29) is 5.92 Å². The van der Waals surface area contributed by atoms with Gasteiger partial charge in [0.05, 0.1) is 0 Å². The highest BCUT2D eigenvalue weighted by Crippen LogP contribution is 2.51. The number of ether oxygens (including phenoxy) is 1. The van der Waals surface area contributed by atoms with Gasteiger partial charge in [-0.3, -0.25) is 0 Å². The summed E-state index contributed by atoms with van der Waals surface area (Å²) in [7, 11) is -3.47. The minimum Gasteiger partial charge on any atom is -0.544 e. The predicted octanol–water partition coefficient (Wildman–Crippen LogP) is 6.64. The van der Waals surface area contributed by atoms with E-state index in [9.17, 15) is 0 Å². The monoisotopic (exact) mass is 414 g/mol. The molecule has 2 atom stereocenters. The summed E-state index contributed by atoms with van der Waals surface area (Å²) >= 11 is 0. The topological polar surface area (TPSA) is 27.7 Å². The predicted molar refractivity (Wildman–Crippen MR) is 123 cm³/mol. The van der Waals surface area contributed by atoms with Gasteiger partial charge in [-0.05, 0) is 69.1 Å². The quantitative estimate of drug-likeness (QED) is 0.275. The van der Waals surface area contributed by atoms with Crippen LogP contribution in [0, 0.1) is 5.92 Å². The number of rotatable bonds is 8. The van der Waals surface area contributed by atoms with E-state index in [4.69, 9.17) is 13.6 Å². The van der Waals surface area contributed by atoms with Gasteiger partial charge in [0.1, 0.15) is 5.76 Å². The van der Waals surface area contributed by atoms with E-state index < -0.39 is 22.4 Å². The van der Waals surface area contributed by atoms with Crippen LogP contribution in [0.4, 0.5) is 0 Å². The molecule has 0 saturated heterocycles. The molecule has 3 rings (SSSR count). The highest BCUT2D eigenvalue weighted by molar-refractivity contribution is 6.70. The molecule has 0 bridgehead atoms. The van der Waals surface area contributed by atoms with Crippen LogP contribution < -0.4 is 0 Å². The Labute approximate surface area is 172 Å². The summed E-state index contributed by atoms with van der Waals surface area (Å²) in [5, 5.41) is 2.48. The standard InChI is InChI=1S/C23H34O3Si2/c1-8-24-23(26-28(5,6)7)17-21(23)16-22(25-27(2,3)4)20-14-13-18-11-9-10-12-19(18)15-20/h9-16,21H,8,17H2,1-7H3/b22-16-/t21-,23+/m1/s1. The zero-order valence-electron chi connectivity index (χ0n) is 18.3. The Hall–Kier alpha value is -1.41. The third kappa shape index (κ3) is 5.35. The molecule has 0 N–H and O–H groups in total. The summed E-state index contributed by atoms with van der Waals surface area (Å²) in [5.41, 5.74) is 1.13. The molecule has 1 aliphatic rings. The average molecular weight is 415 g/mol. The summed E-state index contributed by atoms with van der Waals surface area (Å²) in [4.78, 5) is 0. The van der Waals surface area contributed by atoms with Crippen LogP contribution in [0.5, 0.6) is 0 Å². The molecule has 0 heterocycles. The summed E-state index contributed by atoms with van der Waals surface area (Å²) in [6, 6.07) is 15.0. The van der Waals surface area contributed by atoms with Crippen LogP contribution >= 0.6 is 0 Å². The van der Waals surface area contributed by atoms with Gasteiger partial charge < -0.3 is 13.6 Å². The maximum absolute atomic E-state index is 6.53. The van der Waals surface area contributed by atoms with Crippen molar-refractivity contribution < 1.29 is 13.6 Å². The van der Waals surface area contributed by atoms with E-state index in [1.807, 2.05) is 6.92 Å². The first-order valence-corrected chi connectivity index (χ1v) is 17.1. The Kier molecular flexibility index (Phi) is 5.92. The molecule has 0 radical (unpaired) electrons. The van der Waals surface area contributed by atoms with Crippen molar-refractivity contribution in [1.29, 1.82) is 0 Å². The Morgan fingerprint density at radius 3 is 2.29 bits per heavy atom. The lowest BCUT2D eigenvalue weighted by molar-refractivity contribution is -0.114. The zero-order valence-corrected chi connectivity index (χ0v) is 20.3. The fourth-order valence-corrected chi connectivity index (χ4v) is 5.73. The second-order valence-corrected chi connectivity index (χ2v) is 18.4. The van der Waals surface area contributed by atoms with E-state index in [1.54, 1.807) is 0 Å². The molecule has 3 nitrogen and oxygen atoms in total. The van der Waals surface area contributed by atoms with Gasteiger partial charge >= 0.3 is 0 Å². The number of fused-ring (bicyclic) bond motifs is 1. The average Bonchev–Trinajstić information content (AvgIpc) is 3.22. The minimum atomic E-state index is -1.76. The van der Waals surface area contributed by atoms with Gasteiger partial charge in [0.25, 0.3) is 0 Å². The number of hydrogen-bond acceptors (Lipinski definition) is 3. The van der Waals surface area contributed by atoms with E-state index >= 15 is 0 Å². The van der Waals surface area contributed by atoms with Crippen LogP contribution in [0.3, 0.4) is 0 Å². The van der Waals surface area contributed by atoms with Crippen LogP contribution in [-0.4, -0.2) is 29.0 Å². The lowest BCUT2D eigenvalue weighted by Crippen LogP contribution is -2.36. The second-order valence-electron chi connectivity index (χ2n) is 9.58. The summed E-state index contributed by atoms with van der Waals surface area (Å²) < 4.78 is 19.1. The van der Waals surface area contributed by atoms with E-state index in [0.717, 1.165) is 17.7 Å². The first kappa shape index (κ1) is 21.3. The zero-order chi connectivity index (χ0) is 20.6. The van der Waals surface area contributed by atoms with Gasteiger partial charge in [0.2, 0.25) is 8.32 Å². The molecule has 1 saturated carbocycles. The molecule has 2 aromatic rings. The first-order valence-electron chi connectivity index (χ1n) is 10.3. The van der Waals surface area contributed by atoms with Crippen molar-refractivity contribution in [2.24, 2.45) is 5.92 Å². The molecule has 0 amide bonds. The summed E-state index contributed by atoms with van der Waals surface area (Å²) in [5.74, 6) is 0.733. The molecule has 5 heteroatoms. The lowest BCUT2D eigenvalue weighted by Gasteiger charge is -2.27. The molecular weight excluding hydrogens is 380 g/mol. The van der Waals surface area contributed by atoms with Gasteiger partial charge in [-0.2, -0.15) is 0 Å². The van der Waals surface area contributed by atoms with E-state index in [2.05, 4.69) is 87.8 Å². The first-order chi connectivity index (χ1) is 13.0. The summed E-state index contributed by atoms with van der Waals surface area (Å²) in [6.45, 7) is 16.0. The highest BCUT2D eigenvalue weighted by Gasteiger charge is 2.58. The fraction of sp³-hybridized carbons (Fsp3) is 0.478. The Morgan fingerprint density at radius 2 is 1.68 bits per heavy atom. The molecule has 1 fully saturated rings. The smallest absolute Gasteiger partial charge is 0.242 e. The largest absolute Gasteiger partial charge is 0.544 e. The second kappa shape index (κ2) is 7.78. The molecule has 2 aromatic carbocycles. The van der Waals surface area contributed by atoms with Crippen LogP contribution in [0.25, 0.3) is 16.5 Å². The molecular formula is C23H34O3Si2. The van der Waals surface area contributed by atoms with Crippen molar-refractivity contribution in [3.8, 4) is 0 Å². The molecule has 0 aliphatic heterocycles. The van der Waals surface area contributed by atoms with Crippen LogP contribution in [0.1, 0.15) is 18.9 Å². The SMILES string of the molecule is CCO[C@]1(O[Si](C)(C)C)C[C@H]1/C=C(\O[Si](C)(C)C)c1ccc2ccccc2c1. The van der Waals surface area contributed by atoms with Gasteiger partial charge in [0.15, 0.2) is 14.1 Å². The van der Waals surface area contributed by atoms with Crippen molar-refractivity contribution in [2.75, 3.05) is 6.61 Å². The number of benzene rings is 2. The van der Waals surface area contributed by atoms with E-state index in [0.29, 0.717) is 6.61 Å². The van der Waals surface area contributed by atoms with Crippen molar-refractivity contribution >= 4 is 33.2 Å². The molecule has 28 heavy (non-hydrogen) atoms. The van der Waals surface area contributed by atoms with E-state index in [1.165, 1.54) is 10.8 Å². The normalized spacial score (nSPS) is 23.1. The van der Waals surface area contributed by atoms with Crippen LogP contribution in [-0.2, 0) is 13.6 Å². The van der Waals surface area contributed by atoms with Gasteiger partial charge in [-0.25, -0.2) is 0 Å². The molecule has 0 spiro atoms. The Bertz CT molecular complexity index is 864. The van der Waals surface area contributed by atoms with Crippen molar-refractivity contribution in [2.45, 2.75) is 58.4 Å².